The van der Waals surface area contributed by atoms with E-state index in [1.165, 1.54) is 30.5 Å². The average Bonchev–Trinajstić information content (AvgIpc) is 3.30. The lowest BCUT2D eigenvalue weighted by Crippen LogP contribution is -2.21. The summed E-state index contributed by atoms with van der Waals surface area (Å²) in [4.78, 5) is 23.4. The second-order valence-corrected chi connectivity index (χ2v) is 9.38. The summed E-state index contributed by atoms with van der Waals surface area (Å²) in [7, 11) is -3.93. The molecule has 0 saturated carbocycles. The molecule has 3 aromatic rings. The SMILES string of the molecule is O=C(O)COc1ccccc1/C=N\NC(=O)c1cccc(Cl)c1NS(=O)(=O)c1cccs1. The molecule has 0 aliphatic carbocycles. The summed E-state index contributed by atoms with van der Waals surface area (Å²) in [6.45, 7) is -0.534. The molecule has 32 heavy (non-hydrogen) atoms. The standard InChI is InChI=1S/C20H16ClN3O6S2/c21-15-7-3-6-14(19(15)24-32(28,29)18-9-4-10-31-18)20(27)23-22-11-13-5-1-2-8-16(13)30-12-17(25)26/h1-11,24H,12H2,(H,23,27)(H,25,26)/b22-11-. The number of thiophene rings is 1. The van der Waals surface area contributed by atoms with Crippen LogP contribution in [0.3, 0.4) is 0 Å². The van der Waals surface area contributed by atoms with Crippen LogP contribution in [0.1, 0.15) is 15.9 Å². The van der Waals surface area contributed by atoms with Gasteiger partial charge in [0.15, 0.2) is 6.61 Å². The van der Waals surface area contributed by atoms with Crippen LogP contribution < -0.4 is 14.9 Å². The fraction of sp³-hybridized carbons (Fsp3) is 0.0500. The van der Waals surface area contributed by atoms with Gasteiger partial charge in [0, 0.05) is 5.56 Å². The summed E-state index contributed by atoms with van der Waals surface area (Å²) in [6.07, 6.45) is 1.27. The lowest BCUT2D eigenvalue weighted by molar-refractivity contribution is -0.139. The fourth-order valence-electron chi connectivity index (χ4n) is 2.50. The van der Waals surface area contributed by atoms with Crippen LogP contribution in [0.25, 0.3) is 0 Å². The van der Waals surface area contributed by atoms with Crippen molar-refractivity contribution < 1.29 is 27.9 Å². The number of hydrazone groups is 1. The second-order valence-electron chi connectivity index (χ2n) is 6.12. The Hall–Kier alpha value is -3.41. The predicted molar refractivity (Wildman–Crippen MR) is 121 cm³/mol. The van der Waals surface area contributed by atoms with Gasteiger partial charge in [-0.15, -0.1) is 11.3 Å². The van der Waals surface area contributed by atoms with Gasteiger partial charge in [-0.2, -0.15) is 5.10 Å². The van der Waals surface area contributed by atoms with Gasteiger partial charge in [-0.25, -0.2) is 18.6 Å². The molecule has 0 radical (unpaired) electrons. The molecule has 1 heterocycles. The number of carboxylic acids is 1. The minimum absolute atomic E-state index is 0.0363. The van der Waals surface area contributed by atoms with E-state index >= 15 is 0 Å². The maximum Gasteiger partial charge on any atom is 0.341 e. The molecule has 2 aromatic carbocycles. The third-order valence-electron chi connectivity index (χ3n) is 3.89. The lowest BCUT2D eigenvalue weighted by Gasteiger charge is -2.12. The average molecular weight is 494 g/mol. The van der Waals surface area contributed by atoms with Gasteiger partial charge in [0.05, 0.1) is 22.5 Å². The number of nitrogens with zero attached hydrogens (tertiary/aromatic N) is 1. The van der Waals surface area contributed by atoms with Crippen molar-refractivity contribution in [2.24, 2.45) is 5.10 Å². The molecule has 12 heteroatoms. The molecule has 0 atom stereocenters. The highest BCUT2D eigenvalue weighted by atomic mass is 35.5. The number of carboxylic acid groups (broad SMARTS) is 1. The van der Waals surface area contributed by atoms with E-state index in [0.717, 1.165) is 11.3 Å². The van der Waals surface area contributed by atoms with E-state index in [2.05, 4.69) is 15.2 Å². The van der Waals surface area contributed by atoms with Gasteiger partial charge in [-0.3, -0.25) is 9.52 Å². The first-order valence-electron chi connectivity index (χ1n) is 8.90. The molecular formula is C20H16ClN3O6S2. The first-order valence-corrected chi connectivity index (χ1v) is 11.6. The quantitative estimate of drug-likeness (QED) is 0.309. The molecule has 0 fully saturated rings. The second kappa shape index (κ2) is 10.3. The van der Waals surface area contributed by atoms with Crippen molar-refractivity contribution in [1.82, 2.24) is 5.43 Å². The summed E-state index contributed by atoms with van der Waals surface area (Å²) in [5.74, 6) is -1.58. The highest BCUT2D eigenvalue weighted by molar-refractivity contribution is 7.94. The van der Waals surface area contributed by atoms with Crippen LogP contribution in [0.5, 0.6) is 5.75 Å². The Kier molecular flexibility index (Phi) is 7.46. The highest BCUT2D eigenvalue weighted by Gasteiger charge is 2.21. The molecule has 1 amide bonds. The van der Waals surface area contributed by atoms with Crippen molar-refractivity contribution in [3.63, 3.8) is 0 Å². The smallest absolute Gasteiger partial charge is 0.341 e. The Bertz CT molecular complexity index is 1260. The van der Waals surface area contributed by atoms with Gasteiger partial charge in [0.25, 0.3) is 15.9 Å². The van der Waals surface area contributed by atoms with Crippen LogP contribution in [0, 0.1) is 0 Å². The normalized spacial score (nSPS) is 11.3. The maximum absolute atomic E-state index is 12.7. The zero-order valence-corrected chi connectivity index (χ0v) is 18.6. The first kappa shape index (κ1) is 23.3. The molecule has 3 rings (SSSR count). The molecule has 0 saturated heterocycles. The Morgan fingerprint density at radius 3 is 2.62 bits per heavy atom. The lowest BCUT2D eigenvalue weighted by atomic mass is 10.2. The maximum atomic E-state index is 12.7. The van der Waals surface area contributed by atoms with Crippen LogP contribution in [0.4, 0.5) is 5.69 Å². The van der Waals surface area contributed by atoms with Gasteiger partial charge in [-0.05, 0) is 35.7 Å². The zero-order chi connectivity index (χ0) is 23.1. The van der Waals surface area contributed by atoms with Crippen LogP contribution in [0.2, 0.25) is 5.02 Å². The van der Waals surface area contributed by atoms with E-state index in [1.54, 1.807) is 35.7 Å². The molecule has 1 aromatic heterocycles. The number of halogens is 1. The molecule has 9 nitrogen and oxygen atoms in total. The van der Waals surface area contributed by atoms with Crippen molar-refractivity contribution in [2.45, 2.75) is 4.21 Å². The number of sulfonamides is 1. The Morgan fingerprint density at radius 2 is 1.91 bits per heavy atom. The summed E-state index contributed by atoms with van der Waals surface area (Å²) < 4.78 is 32.7. The van der Waals surface area contributed by atoms with Gasteiger partial charge < -0.3 is 9.84 Å². The van der Waals surface area contributed by atoms with Gasteiger partial charge in [0.1, 0.15) is 9.96 Å². The topological polar surface area (TPSA) is 134 Å². The first-order chi connectivity index (χ1) is 15.3. The number of anilines is 1. The molecule has 0 unspecified atom stereocenters. The number of amides is 1. The summed E-state index contributed by atoms with van der Waals surface area (Å²) >= 11 is 7.17. The van der Waals surface area contributed by atoms with Gasteiger partial charge >= 0.3 is 5.97 Å². The molecule has 0 aliphatic rings. The van der Waals surface area contributed by atoms with Crippen molar-refractivity contribution in [2.75, 3.05) is 11.3 Å². The van der Waals surface area contributed by atoms with Crippen LogP contribution in [-0.4, -0.2) is 38.2 Å². The number of rotatable bonds is 9. The van der Waals surface area contributed by atoms with Crippen molar-refractivity contribution in [1.29, 1.82) is 0 Å². The molecule has 166 valence electrons. The number of hydrogen-bond donors (Lipinski definition) is 3. The fourth-order valence-corrected chi connectivity index (χ4v) is 4.87. The van der Waals surface area contributed by atoms with E-state index in [1.807, 2.05) is 0 Å². The number of aliphatic carboxylic acids is 1. The summed E-state index contributed by atoms with van der Waals surface area (Å²) in [5.41, 5.74) is 2.61. The summed E-state index contributed by atoms with van der Waals surface area (Å²) in [6, 6.07) is 13.9. The third kappa shape index (κ3) is 5.84. The van der Waals surface area contributed by atoms with E-state index < -0.39 is 28.5 Å². The van der Waals surface area contributed by atoms with Crippen LogP contribution in [0.15, 0.2) is 69.3 Å². The van der Waals surface area contributed by atoms with E-state index in [0.29, 0.717) is 5.56 Å². The third-order valence-corrected chi connectivity index (χ3v) is 6.96. The van der Waals surface area contributed by atoms with Crippen LogP contribution >= 0.6 is 22.9 Å². The number of hydrogen-bond acceptors (Lipinski definition) is 7. The minimum Gasteiger partial charge on any atom is -0.481 e. The highest BCUT2D eigenvalue weighted by Crippen LogP contribution is 2.29. The Morgan fingerprint density at radius 1 is 1.12 bits per heavy atom. The molecular weight excluding hydrogens is 478 g/mol. The zero-order valence-electron chi connectivity index (χ0n) is 16.2. The minimum atomic E-state index is -3.93. The van der Waals surface area contributed by atoms with Gasteiger partial charge in [0.2, 0.25) is 0 Å². The van der Waals surface area contributed by atoms with Crippen molar-refractivity contribution in [3.8, 4) is 5.75 Å². The van der Waals surface area contributed by atoms with E-state index in [4.69, 9.17) is 21.4 Å². The molecule has 0 spiro atoms. The van der Waals surface area contributed by atoms with E-state index in [9.17, 15) is 18.0 Å². The number of nitrogens with one attached hydrogen (secondary N) is 2. The van der Waals surface area contributed by atoms with Crippen molar-refractivity contribution >= 4 is 56.7 Å². The number of benzene rings is 2. The number of carbonyl (C=O) groups excluding carboxylic acids is 1. The van der Waals surface area contributed by atoms with Crippen LogP contribution in [-0.2, 0) is 14.8 Å². The number of para-hydroxylation sites is 2. The Labute approximate surface area is 192 Å². The molecule has 0 bridgehead atoms. The number of ether oxygens (including phenoxy) is 1. The van der Waals surface area contributed by atoms with Gasteiger partial charge in [-0.1, -0.05) is 35.9 Å². The largest absolute Gasteiger partial charge is 0.481 e. The summed E-state index contributed by atoms with van der Waals surface area (Å²) in [5, 5.41) is 14.3. The Balaban J connectivity index is 1.78. The molecule has 0 aliphatic heterocycles. The molecule has 3 N–H and O–H groups in total. The predicted octanol–water partition coefficient (Wildman–Crippen LogP) is 3.43. The number of carbonyl (C=O) groups is 2. The van der Waals surface area contributed by atoms with E-state index in [-0.39, 0.29) is 26.2 Å². The van der Waals surface area contributed by atoms with Crippen molar-refractivity contribution in [3.05, 3.63) is 76.1 Å². The monoisotopic (exact) mass is 493 g/mol.